The smallest absolute Gasteiger partial charge is 0.410 e. The molecule has 0 unspecified atom stereocenters. The molecule has 1 aromatic rings. The van der Waals surface area contributed by atoms with E-state index in [1.165, 1.54) is 4.90 Å². The van der Waals surface area contributed by atoms with Gasteiger partial charge in [-0.15, -0.1) is 0 Å². The van der Waals surface area contributed by atoms with Crippen LogP contribution in [0.25, 0.3) is 0 Å². The van der Waals surface area contributed by atoms with E-state index in [4.69, 9.17) is 14.7 Å². The predicted molar refractivity (Wildman–Crippen MR) is 88.5 cm³/mol. The fourth-order valence-corrected chi connectivity index (χ4v) is 1.62. The van der Waals surface area contributed by atoms with Gasteiger partial charge in [-0.05, 0) is 45.0 Å². The molecular formula is C17H23N3O4. The van der Waals surface area contributed by atoms with Crippen molar-refractivity contribution in [2.75, 3.05) is 26.7 Å². The number of hydrogen-bond donors (Lipinski definition) is 1. The monoisotopic (exact) mass is 333 g/mol. The zero-order valence-corrected chi connectivity index (χ0v) is 14.5. The fraction of sp³-hybridized carbons (Fsp3) is 0.471. The third-order valence-electron chi connectivity index (χ3n) is 2.83. The summed E-state index contributed by atoms with van der Waals surface area (Å²) in [5.74, 6) is 0.215. The second-order valence-corrected chi connectivity index (χ2v) is 6.18. The number of nitrogens with zero attached hydrogens (tertiary/aromatic N) is 2. The van der Waals surface area contributed by atoms with Crippen LogP contribution in [0.2, 0.25) is 0 Å². The number of nitriles is 1. The van der Waals surface area contributed by atoms with Crippen LogP contribution in [0.3, 0.4) is 0 Å². The summed E-state index contributed by atoms with van der Waals surface area (Å²) in [7, 11) is 1.60. The van der Waals surface area contributed by atoms with Gasteiger partial charge in [0.25, 0.3) is 5.91 Å². The first-order valence-corrected chi connectivity index (χ1v) is 7.55. The first-order chi connectivity index (χ1) is 11.2. The summed E-state index contributed by atoms with van der Waals surface area (Å²) in [5, 5.41) is 11.4. The first kappa shape index (κ1) is 19.3. The van der Waals surface area contributed by atoms with E-state index < -0.39 is 11.7 Å². The molecule has 1 aromatic carbocycles. The standard InChI is InChI=1S/C17H23N3O4/c1-17(2,3)24-16(22)20(4)10-9-19-15(21)12-23-14-7-5-13(11-18)6-8-14/h5-8H,9-10,12H2,1-4H3,(H,19,21). The molecule has 2 amide bonds. The van der Waals surface area contributed by atoms with Crippen molar-refractivity contribution in [2.24, 2.45) is 0 Å². The van der Waals surface area contributed by atoms with E-state index in [2.05, 4.69) is 5.32 Å². The molecule has 7 nitrogen and oxygen atoms in total. The second-order valence-electron chi connectivity index (χ2n) is 6.18. The highest BCUT2D eigenvalue weighted by Gasteiger charge is 2.19. The third kappa shape index (κ3) is 7.49. The molecule has 0 saturated heterocycles. The maximum absolute atomic E-state index is 11.7. The molecule has 130 valence electrons. The van der Waals surface area contributed by atoms with Gasteiger partial charge in [0.05, 0.1) is 11.6 Å². The van der Waals surface area contributed by atoms with Gasteiger partial charge in [-0.2, -0.15) is 5.26 Å². The molecule has 1 N–H and O–H groups in total. The van der Waals surface area contributed by atoms with Gasteiger partial charge in [0.15, 0.2) is 6.61 Å². The Balaban J connectivity index is 2.26. The molecule has 0 fully saturated rings. The predicted octanol–water partition coefficient (Wildman–Crippen LogP) is 1.92. The highest BCUT2D eigenvalue weighted by atomic mass is 16.6. The zero-order valence-electron chi connectivity index (χ0n) is 14.5. The molecular weight excluding hydrogens is 310 g/mol. The van der Waals surface area contributed by atoms with Gasteiger partial charge in [0.1, 0.15) is 11.4 Å². The number of nitrogens with one attached hydrogen (secondary N) is 1. The van der Waals surface area contributed by atoms with Crippen molar-refractivity contribution in [1.29, 1.82) is 5.26 Å². The molecule has 0 spiro atoms. The Morgan fingerprint density at radius 2 is 1.88 bits per heavy atom. The first-order valence-electron chi connectivity index (χ1n) is 7.55. The summed E-state index contributed by atoms with van der Waals surface area (Å²) >= 11 is 0. The van der Waals surface area contributed by atoms with Crippen molar-refractivity contribution in [3.05, 3.63) is 29.8 Å². The lowest BCUT2D eigenvalue weighted by Crippen LogP contribution is -2.40. The number of benzene rings is 1. The van der Waals surface area contributed by atoms with Crippen LogP contribution in [0, 0.1) is 11.3 Å². The Labute approximate surface area is 142 Å². The van der Waals surface area contributed by atoms with Crippen molar-refractivity contribution < 1.29 is 19.1 Å². The molecule has 0 saturated carbocycles. The van der Waals surface area contributed by atoms with Crippen molar-refractivity contribution >= 4 is 12.0 Å². The van der Waals surface area contributed by atoms with Gasteiger partial charge in [0.2, 0.25) is 0 Å². The van der Waals surface area contributed by atoms with E-state index in [0.717, 1.165) is 0 Å². The molecule has 0 aliphatic carbocycles. The van der Waals surface area contributed by atoms with Gasteiger partial charge in [-0.3, -0.25) is 4.79 Å². The molecule has 24 heavy (non-hydrogen) atoms. The van der Waals surface area contributed by atoms with Gasteiger partial charge in [0, 0.05) is 20.1 Å². The Bertz CT molecular complexity index is 600. The van der Waals surface area contributed by atoms with Crippen LogP contribution < -0.4 is 10.1 Å². The van der Waals surface area contributed by atoms with Crippen molar-refractivity contribution in [3.8, 4) is 11.8 Å². The fourth-order valence-electron chi connectivity index (χ4n) is 1.62. The normalized spacial score (nSPS) is 10.5. The highest BCUT2D eigenvalue weighted by Crippen LogP contribution is 2.11. The van der Waals surface area contributed by atoms with Gasteiger partial charge in [-0.1, -0.05) is 0 Å². The van der Waals surface area contributed by atoms with Crippen LogP contribution in [-0.2, 0) is 9.53 Å². The SMILES string of the molecule is CN(CCNC(=O)COc1ccc(C#N)cc1)C(=O)OC(C)(C)C. The largest absolute Gasteiger partial charge is 0.484 e. The van der Waals surface area contributed by atoms with Crippen LogP contribution in [0.5, 0.6) is 5.75 Å². The lowest BCUT2D eigenvalue weighted by Gasteiger charge is -2.24. The van der Waals surface area contributed by atoms with Crippen LogP contribution in [0.1, 0.15) is 26.3 Å². The van der Waals surface area contributed by atoms with E-state index >= 15 is 0 Å². The number of hydrogen-bond acceptors (Lipinski definition) is 5. The van der Waals surface area contributed by atoms with Gasteiger partial charge >= 0.3 is 6.09 Å². The molecule has 1 rings (SSSR count). The summed E-state index contributed by atoms with van der Waals surface area (Å²) in [5.41, 5.74) is -0.0271. The van der Waals surface area contributed by atoms with Crippen LogP contribution in [0.15, 0.2) is 24.3 Å². The highest BCUT2D eigenvalue weighted by molar-refractivity contribution is 5.77. The van der Waals surface area contributed by atoms with E-state index in [9.17, 15) is 9.59 Å². The number of carbonyl (C=O) groups is 2. The lowest BCUT2D eigenvalue weighted by molar-refractivity contribution is -0.123. The van der Waals surface area contributed by atoms with E-state index in [-0.39, 0.29) is 12.5 Å². The third-order valence-corrected chi connectivity index (χ3v) is 2.83. The number of rotatable bonds is 6. The van der Waals surface area contributed by atoms with E-state index in [0.29, 0.717) is 24.4 Å². The summed E-state index contributed by atoms with van der Waals surface area (Å²) < 4.78 is 10.5. The average molecular weight is 333 g/mol. The molecule has 7 heteroatoms. The molecule has 0 atom stereocenters. The van der Waals surface area contributed by atoms with Gasteiger partial charge in [-0.25, -0.2) is 4.79 Å². The maximum atomic E-state index is 11.7. The number of amides is 2. The summed E-state index contributed by atoms with van der Waals surface area (Å²) in [6.45, 7) is 5.87. The Morgan fingerprint density at radius 3 is 2.42 bits per heavy atom. The molecule has 0 radical (unpaired) electrons. The second kappa shape index (κ2) is 8.77. The van der Waals surface area contributed by atoms with Crippen LogP contribution in [0.4, 0.5) is 4.79 Å². The minimum Gasteiger partial charge on any atom is -0.484 e. The molecule has 0 bridgehead atoms. The quantitative estimate of drug-likeness (QED) is 0.859. The Hall–Kier alpha value is -2.75. The molecule has 0 aliphatic heterocycles. The summed E-state index contributed by atoms with van der Waals surface area (Å²) in [6.07, 6.45) is -0.439. The topological polar surface area (TPSA) is 91.7 Å². The van der Waals surface area contributed by atoms with Gasteiger partial charge < -0.3 is 19.7 Å². The summed E-state index contributed by atoms with van der Waals surface area (Å²) in [4.78, 5) is 24.8. The Kier molecular flexibility index (Phi) is 7.05. The number of carbonyl (C=O) groups excluding carboxylic acids is 2. The van der Waals surface area contributed by atoms with Crippen LogP contribution >= 0.6 is 0 Å². The lowest BCUT2D eigenvalue weighted by atomic mass is 10.2. The molecule has 0 heterocycles. The summed E-state index contributed by atoms with van der Waals surface area (Å²) in [6, 6.07) is 8.49. The zero-order chi connectivity index (χ0) is 18.2. The Morgan fingerprint density at radius 1 is 1.25 bits per heavy atom. The van der Waals surface area contributed by atoms with Crippen molar-refractivity contribution in [1.82, 2.24) is 10.2 Å². The van der Waals surface area contributed by atoms with Crippen LogP contribution in [-0.4, -0.2) is 49.2 Å². The van der Waals surface area contributed by atoms with Crippen molar-refractivity contribution in [3.63, 3.8) is 0 Å². The number of ether oxygens (including phenoxy) is 2. The number of likely N-dealkylation sites (N-methyl/N-ethyl adjacent to an activating group) is 1. The minimum absolute atomic E-state index is 0.137. The van der Waals surface area contributed by atoms with E-state index in [1.54, 1.807) is 52.1 Å². The molecule has 0 aromatic heterocycles. The van der Waals surface area contributed by atoms with Crippen molar-refractivity contribution in [2.45, 2.75) is 26.4 Å². The maximum Gasteiger partial charge on any atom is 0.410 e. The minimum atomic E-state index is -0.552. The molecule has 0 aliphatic rings. The average Bonchev–Trinajstić information content (AvgIpc) is 2.51. The van der Waals surface area contributed by atoms with E-state index in [1.807, 2.05) is 6.07 Å².